The van der Waals surface area contributed by atoms with Crippen molar-refractivity contribution in [3.63, 3.8) is 0 Å². The molecule has 0 aliphatic heterocycles. The highest BCUT2D eigenvalue weighted by Crippen LogP contribution is 2.29. The number of aliphatic imine (C=N–C) groups is 2. The van der Waals surface area contributed by atoms with Gasteiger partial charge in [-0.2, -0.15) is 0 Å². The summed E-state index contributed by atoms with van der Waals surface area (Å²) in [7, 11) is 0. The molecule has 4 nitrogen and oxygen atoms in total. The average molecular weight is 506 g/mol. The summed E-state index contributed by atoms with van der Waals surface area (Å²) in [4.78, 5) is 14.2. The van der Waals surface area contributed by atoms with Crippen LogP contribution < -0.4 is 4.57 Å². The summed E-state index contributed by atoms with van der Waals surface area (Å²) in [6, 6.07) is 35.9. The van der Waals surface area contributed by atoms with Crippen LogP contribution in [0.1, 0.15) is 22.3 Å². The van der Waals surface area contributed by atoms with E-state index in [9.17, 15) is 0 Å². The van der Waals surface area contributed by atoms with E-state index in [1.807, 2.05) is 19.2 Å². The van der Waals surface area contributed by atoms with E-state index in [1.165, 1.54) is 16.7 Å². The first-order chi connectivity index (χ1) is 19.0. The van der Waals surface area contributed by atoms with E-state index in [-0.39, 0.29) is 0 Å². The molecule has 0 N–H and O–H groups in total. The highest BCUT2D eigenvalue weighted by Gasteiger charge is 2.22. The van der Waals surface area contributed by atoms with E-state index in [0.29, 0.717) is 0 Å². The van der Waals surface area contributed by atoms with Gasteiger partial charge in [0.05, 0.1) is 11.4 Å². The van der Waals surface area contributed by atoms with Gasteiger partial charge in [0.2, 0.25) is 16.7 Å². The predicted molar refractivity (Wildman–Crippen MR) is 163 cm³/mol. The van der Waals surface area contributed by atoms with Gasteiger partial charge in [0.15, 0.2) is 0 Å². The SMILES string of the molecule is C=Nc1cc2c(cc1C)nc1cc(C)c(N=Cc3ccc(-c4ccc(C)cc4)cc3)cc1[n+]2-c1ccccc1. The fourth-order valence-electron chi connectivity index (χ4n) is 4.95. The maximum Gasteiger partial charge on any atom is 0.239 e. The van der Waals surface area contributed by atoms with Crippen molar-refractivity contribution in [1.82, 2.24) is 4.98 Å². The second kappa shape index (κ2) is 10.1. The molecule has 0 saturated carbocycles. The third kappa shape index (κ3) is 4.73. The summed E-state index contributed by atoms with van der Waals surface area (Å²) < 4.78 is 2.24. The molecule has 0 amide bonds. The number of benzene rings is 5. The van der Waals surface area contributed by atoms with Crippen molar-refractivity contribution in [2.45, 2.75) is 20.8 Å². The maximum absolute atomic E-state index is 5.03. The van der Waals surface area contributed by atoms with E-state index < -0.39 is 0 Å². The monoisotopic (exact) mass is 505 g/mol. The van der Waals surface area contributed by atoms with Crippen molar-refractivity contribution in [3.8, 4) is 16.8 Å². The van der Waals surface area contributed by atoms with Crippen LogP contribution in [0.4, 0.5) is 11.4 Å². The number of aryl methyl sites for hydroxylation is 3. The van der Waals surface area contributed by atoms with E-state index >= 15 is 0 Å². The first-order valence-electron chi connectivity index (χ1n) is 13.0. The average Bonchev–Trinajstić information content (AvgIpc) is 2.96. The number of fused-ring (bicyclic) bond motifs is 2. The smallest absolute Gasteiger partial charge is 0.239 e. The largest absolute Gasteiger partial charge is 0.264 e. The molecule has 0 bridgehead atoms. The van der Waals surface area contributed by atoms with Crippen LogP contribution in [-0.2, 0) is 0 Å². The van der Waals surface area contributed by atoms with Crippen molar-refractivity contribution >= 4 is 46.4 Å². The molecule has 5 aromatic carbocycles. The molecule has 0 atom stereocenters. The lowest BCUT2D eigenvalue weighted by atomic mass is 10.0. The summed E-state index contributed by atoms with van der Waals surface area (Å²) in [6.45, 7) is 10.0. The normalized spacial score (nSPS) is 11.5. The van der Waals surface area contributed by atoms with Crippen LogP contribution in [-0.4, -0.2) is 17.9 Å². The highest BCUT2D eigenvalue weighted by molar-refractivity contribution is 5.89. The Morgan fingerprint density at radius 3 is 1.85 bits per heavy atom. The molecular formula is C35H29N4+. The van der Waals surface area contributed by atoms with Crippen LogP contribution in [0.5, 0.6) is 0 Å². The molecule has 0 fully saturated rings. The van der Waals surface area contributed by atoms with Crippen molar-refractivity contribution in [2.75, 3.05) is 0 Å². The van der Waals surface area contributed by atoms with Gasteiger partial charge >= 0.3 is 0 Å². The second-order valence-electron chi connectivity index (χ2n) is 9.94. The van der Waals surface area contributed by atoms with Crippen LogP contribution in [0.25, 0.3) is 38.9 Å². The Morgan fingerprint density at radius 2 is 1.23 bits per heavy atom. The van der Waals surface area contributed by atoms with Crippen LogP contribution in [0.3, 0.4) is 0 Å². The minimum Gasteiger partial charge on any atom is -0.264 e. The Labute approximate surface area is 228 Å². The quantitative estimate of drug-likeness (QED) is 0.132. The molecule has 4 heteroatoms. The van der Waals surface area contributed by atoms with Gasteiger partial charge in [0, 0.05) is 30.5 Å². The minimum atomic E-state index is 0.854. The third-order valence-corrected chi connectivity index (χ3v) is 7.14. The lowest BCUT2D eigenvalue weighted by molar-refractivity contribution is -0.538. The predicted octanol–water partition coefficient (Wildman–Crippen LogP) is 8.34. The number of hydrogen-bond acceptors (Lipinski definition) is 3. The summed E-state index contributed by atoms with van der Waals surface area (Å²) in [5, 5.41) is 0. The standard InChI is InChI=1S/C35H29N4/c1-23-10-14-27(15-11-23)28-16-12-26(13-17-28)22-37-31-21-35-33(19-25(31)3)38-32-18-24(2)30(36-4)20-34(32)39(35)29-8-6-5-7-9-29/h5-22H,4H2,1-3H3/q+1. The number of rotatable bonds is 5. The number of para-hydroxylation sites is 1. The van der Waals surface area contributed by atoms with Crippen LogP contribution >= 0.6 is 0 Å². The number of nitrogens with zero attached hydrogens (tertiary/aromatic N) is 4. The number of aromatic nitrogens is 2. The lowest BCUT2D eigenvalue weighted by Gasteiger charge is -2.09. The molecule has 39 heavy (non-hydrogen) atoms. The van der Waals surface area contributed by atoms with E-state index in [2.05, 4.69) is 127 Å². The number of hydrogen-bond donors (Lipinski definition) is 0. The summed E-state index contributed by atoms with van der Waals surface area (Å²) in [5.74, 6) is 0. The van der Waals surface area contributed by atoms with E-state index in [4.69, 9.17) is 9.98 Å². The summed E-state index contributed by atoms with van der Waals surface area (Å²) in [5.41, 5.74) is 13.5. The van der Waals surface area contributed by atoms with Gasteiger partial charge in [-0.1, -0.05) is 72.3 Å². The molecule has 0 spiro atoms. The van der Waals surface area contributed by atoms with Gasteiger partial charge in [-0.05, 0) is 67.4 Å². The van der Waals surface area contributed by atoms with Gasteiger partial charge in [-0.25, -0.2) is 4.98 Å². The molecule has 6 aromatic rings. The maximum atomic E-state index is 5.03. The van der Waals surface area contributed by atoms with Crippen molar-refractivity contribution in [3.05, 3.63) is 125 Å². The topological polar surface area (TPSA) is 41.5 Å². The molecule has 0 aliphatic rings. The van der Waals surface area contributed by atoms with E-state index in [0.717, 1.165) is 55.8 Å². The van der Waals surface area contributed by atoms with Gasteiger partial charge in [0.25, 0.3) is 0 Å². The van der Waals surface area contributed by atoms with Crippen molar-refractivity contribution in [1.29, 1.82) is 0 Å². The molecule has 1 heterocycles. The zero-order valence-electron chi connectivity index (χ0n) is 22.4. The minimum absolute atomic E-state index is 0.854. The molecule has 0 saturated heterocycles. The Balaban J connectivity index is 1.46. The van der Waals surface area contributed by atoms with Crippen molar-refractivity contribution < 1.29 is 4.57 Å². The van der Waals surface area contributed by atoms with Crippen LogP contribution in [0, 0.1) is 20.8 Å². The van der Waals surface area contributed by atoms with Gasteiger partial charge in [0.1, 0.15) is 11.0 Å². The second-order valence-corrected chi connectivity index (χ2v) is 9.94. The lowest BCUT2D eigenvalue weighted by Crippen LogP contribution is -2.33. The third-order valence-electron chi connectivity index (χ3n) is 7.14. The molecule has 6 rings (SSSR count). The van der Waals surface area contributed by atoms with Crippen LogP contribution in [0.15, 0.2) is 113 Å². The van der Waals surface area contributed by atoms with Crippen LogP contribution in [0.2, 0.25) is 0 Å². The van der Waals surface area contributed by atoms with Gasteiger partial charge in [-0.3, -0.25) is 9.98 Å². The zero-order valence-corrected chi connectivity index (χ0v) is 22.4. The van der Waals surface area contributed by atoms with Gasteiger partial charge in [-0.15, -0.1) is 4.57 Å². The molecular weight excluding hydrogens is 476 g/mol. The molecule has 0 aliphatic carbocycles. The van der Waals surface area contributed by atoms with E-state index in [1.54, 1.807) is 0 Å². The first-order valence-corrected chi connectivity index (χ1v) is 13.0. The van der Waals surface area contributed by atoms with Gasteiger partial charge < -0.3 is 0 Å². The Hall–Kier alpha value is -4.96. The summed E-state index contributed by atoms with van der Waals surface area (Å²) >= 11 is 0. The highest BCUT2D eigenvalue weighted by atomic mass is 15.0. The molecule has 0 unspecified atom stereocenters. The molecule has 0 radical (unpaired) electrons. The summed E-state index contributed by atoms with van der Waals surface area (Å²) in [6.07, 6.45) is 1.93. The first kappa shape index (κ1) is 24.4. The zero-order chi connectivity index (χ0) is 26.9. The molecule has 188 valence electrons. The Morgan fingerprint density at radius 1 is 0.667 bits per heavy atom. The molecule has 1 aromatic heterocycles. The Kier molecular flexibility index (Phi) is 6.29. The fourth-order valence-corrected chi connectivity index (χ4v) is 4.95. The fraction of sp³-hybridized carbons (Fsp3) is 0.0857. The van der Waals surface area contributed by atoms with Crippen molar-refractivity contribution in [2.24, 2.45) is 9.98 Å². The Bertz CT molecular complexity index is 1870.